The van der Waals surface area contributed by atoms with E-state index < -0.39 is 0 Å². The maximum atomic E-state index is 3.46. The van der Waals surface area contributed by atoms with E-state index in [-0.39, 0.29) is 0 Å². The lowest BCUT2D eigenvalue weighted by molar-refractivity contribution is 0.593. The van der Waals surface area contributed by atoms with E-state index in [4.69, 9.17) is 0 Å². The number of benzene rings is 1. The van der Waals surface area contributed by atoms with Gasteiger partial charge in [-0.15, -0.1) is 11.3 Å². The van der Waals surface area contributed by atoms with Gasteiger partial charge in [-0.1, -0.05) is 45.0 Å². The maximum absolute atomic E-state index is 3.46. The maximum Gasteiger partial charge on any atom is 0.0346 e. The van der Waals surface area contributed by atoms with Crippen molar-refractivity contribution in [2.45, 2.75) is 39.8 Å². The zero-order valence-corrected chi connectivity index (χ0v) is 12.2. The van der Waals surface area contributed by atoms with Crippen molar-refractivity contribution in [3.63, 3.8) is 0 Å². The van der Waals surface area contributed by atoms with Gasteiger partial charge in [0.05, 0.1) is 0 Å². The minimum Gasteiger partial charge on any atom is -0.310 e. The summed E-state index contributed by atoms with van der Waals surface area (Å²) in [5, 5.41) is 3.46. The highest BCUT2D eigenvalue weighted by atomic mass is 32.1. The second-order valence-electron chi connectivity index (χ2n) is 4.85. The van der Waals surface area contributed by atoms with Gasteiger partial charge in [0.25, 0.3) is 0 Å². The van der Waals surface area contributed by atoms with Crippen molar-refractivity contribution in [1.29, 1.82) is 0 Å². The molecule has 0 aliphatic heterocycles. The summed E-state index contributed by atoms with van der Waals surface area (Å²) in [4.78, 5) is 2.76. The molecule has 0 atom stereocenters. The van der Waals surface area contributed by atoms with E-state index in [0.717, 1.165) is 13.0 Å². The molecule has 0 fully saturated rings. The van der Waals surface area contributed by atoms with E-state index in [2.05, 4.69) is 62.5 Å². The second kappa shape index (κ2) is 6.17. The van der Waals surface area contributed by atoms with Crippen LogP contribution in [-0.4, -0.2) is 6.04 Å². The number of hydrogen-bond acceptors (Lipinski definition) is 2. The largest absolute Gasteiger partial charge is 0.310 e. The highest BCUT2D eigenvalue weighted by Crippen LogP contribution is 2.28. The van der Waals surface area contributed by atoms with E-state index >= 15 is 0 Å². The first-order valence-electron chi connectivity index (χ1n) is 6.60. The summed E-state index contributed by atoms with van der Waals surface area (Å²) in [6, 6.07) is 13.9. The Bertz CT molecular complexity index is 482. The molecule has 0 spiro atoms. The van der Waals surface area contributed by atoms with Crippen LogP contribution in [0.25, 0.3) is 10.4 Å². The van der Waals surface area contributed by atoms with Crippen molar-refractivity contribution in [3.8, 4) is 10.4 Å². The summed E-state index contributed by atoms with van der Waals surface area (Å²) in [5.74, 6) is 0. The molecule has 96 valence electrons. The summed E-state index contributed by atoms with van der Waals surface area (Å²) >= 11 is 1.88. The average molecular weight is 259 g/mol. The standard InChI is InChI=1S/C16H21NS/c1-4-13-5-7-14(8-6-13)16-10-9-15(18-16)11-17-12(2)3/h5-10,12,17H,4,11H2,1-3H3. The SMILES string of the molecule is CCc1ccc(-c2ccc(CNC(C)C)s2)cc1. The first kappa shape index (κ1) is 13.3. The molecule has 0 bridgehead atoms. The molecule has 0 radical (unpaired) electrons. The molecular formula is C16H21NS. The molecule has 18 heavy (non-hydrogen) atoms. The van der Waals surface area contributed by atoms with Crippen molar-refractivity contribution in [3.05, 3.63) is 46.8 Å². The summed E-state index contributed by atoms with van der Waals surface area (Å²) in [7, 11) is 0. The Labute approximate surface area is 114 Å². The molecule has 2 aromatic rings. The van der Waals surface area contributed by atoms with Gasteiger partial charge in [-0.05, 0) is 29.7 Å². The van der Waals surface area contributed by atoms with Gasteiger partial charge in [0.1, 0.15) is 0 Å². The van der Waals surface area contributed by atoms with Crippen molar-refractivity contribution in [1.82, 2.24) is 5.32 Å². The monoisotopic (exact) mass is 259 g/mol. The molecule has 1 heterocycles. The van der Waals surface area contributed by atoms with Crippen LogP contribution >= 0.6 is 11.3 Å². The van der Waals surface area contributed by atoms with E-state index in [0.29, 0.717) is 6.04 Å². The first-order valence-corrected chi connectivity index (χ1v) is 7.42. The molecule has 0 saturated carbocycles. The molecule has 2 rings (SSSR count). The Morgan fingerprint density at radius 2 is 1.78 bits per heavy atom. The molecular weight excluding hydrogens is 238 g/mol. The van der Waals surface area contributed by atoms with Crippen molar-refractivity contribution < 1.29 is 0 Å². The molecule has 1 aromatic heterocycles. The lowest BCUT2D eigenvalue weighted by Gasteiger charge is -2.05. The molecule has 1 aromatic carbocycles. The highest BCUT2D eigenvalue weighted by Gasteiger charge is 2.03. The Hall–Kier alpha value is -1.12. The van der Waals surface area contributed by atoms with Gasteiger partial charge >= 0.3 is 0 Å². The zero-order valence-electron chi connectivity index (χ0n) is 11.4. The number of rotatable bonds is 5. The van der Waals surface area contributed by atoms with Crippen LogP contribution in [0, 0.1) is 0 Å². The van der Waals surface area contributed by atoms with Crippen LogP contribution in [0.1, 0.15) is 31.2 Å². The second-order valence-corrected chi connectivity index (χ2v) is 6.02. The molecule has 1 N–H and O–H groups in total. The van der Waals surface area contributed by atoms with Crippen molar-refractivity contribution in [2.24, 2.45) is 0 Å². The Morgan fingerprint density at radius 3 is 2.39 bits per heavy atom. The van der Waals surface area contributed by atoms with E-state index in [1.807, 2.05) is 11.3 Å². The number of hydrogen-bond donors (Lipinski definition) is 1. The van der Waals surface area contributed by atoms with Gasteiger partial charge in [-0.3, -0.25) is 0 Å². The van der Waals surface area contributed by atoms with Crippen molar-refractivity contribution in [2.75, 3.05) is 0 Å². The van der Waals surface area contributed by atoms with Gasteiger partial charge in [-0.2, -0.15) is 0 Å². The van der Waals surface area contributed by atoms with Crippen LogP contribution in [-0.2, 0) is 13.0 Å². The van der Waals surface area contributed by atoms with Crippen molar-refractivity contribution >= 4 is 11.3 Å². The quantitative estimate of drug-likeness (QED) is 0.835. The number of nitrogens with one attached hydrogen (secondary N) is 1. The third kappa shape index (κ3) is 3.44. The third-order valence-corrected chi connectivity index (χ3v) is 4.13. The Balaban J connectivity index is 2.08. The fraction of sp³-hybridized carbons (Fsp3) is 0.375. The molecule has 0 unspecified atom stereocenters. The third-order valence-electron chi connectivity index (χ3n) is 2.99. The average Bonchev–Trinajstić information content (AvgIpc) is 2.85. The van der Waals surface area contributed by atoms with Crippen LogP contribution in [0.15, 0.2) is 36.4 Å². The van der Waals surface area contributed by atoms with Crippen LogP contribution in [0.2, 0.25) is 0 Å². The summed E-state index contributed by atoms with van der Waals surface area (Å²) in [5.41, 5.74) is 2.73. The zero-order chi connectivity index (χ0) is 13.0. The summed E-state index contributed by atoms with van der Waals surface area (Å²) in [6.07, 6.45) is 1.11. The van der Waals surface area contributed by atoms with Crippen LogP contribution < -0.4 is 5.32 Å². The van der Waals surface area contributed by atoms with Gasteiger partial charge in [0.2, 0.25) is 0 Å². The summed E-state index contributed by atoms with van der Waals surface area (Å²) < 4.78 is 0. The summed E-state index contributed by atoms with van der Waals surface area (Å²) in [6.45, 7) is 7.52. The minimum absolute atomic E-state index is 0.541. The van der Waals surface area contributed by atoms with Crippen LogP contribution in [0.4, 0.5) is 0 Å². The van der Waals surface area contributed by atoms with E-state index in [9.17, 15) is 0 Å². The van der Waals surface area contributed by atoms with Crippen LogP contribution in [0.3, 0.4) is 0 Å². The lowest BCUT2D eigenvalue weighted by Crippen LogP contribution is -2.21. The van der Waals surface area contributed by atoms with Gasteiger partial charge in [-0.25, -0.2) is 0 Å². The van der Waals surface area contributed by atoms with Gasteiger partial charge in [0.15, 0.2) is 0 Å². The molecule has 2 heteroatoms. The van der Waals surface area contributed by atoms with Crippen LogP contribution in [0.5, 0.6) is 0 Å². The molecule has 0 saturated heterocycles. The smallest absolute Gasteiger partial charge is 0.0346 e. The van der Waals surface area contributed by atoms with E-state index in [1.54, 1.807) is 0 Å². The normalized spacial score (nSPS) is 11.1. The molecule has 1 nitrogen and oxygen atoms in total. The minimum atomic E-state index is 0.541. The molecule has 0 amide bonds. The Kier molecular flexibility index (Phi) is 4.56. The predicted octanol–water partition coefficient (Wildman–Crippen LogP) is 4.48. The van der Waals surface area contributed by atoms with E-state index in [1.165, 1.54) is 20.9 Å². The molecule has 0 aliphatic rings. The lowest BCUT2D eigenvalue weighted by atomic mass is 10.1. The topological polar surface area (TPSA) is 12.0 Å². The fourth-order valence-electron chi connectivity index (χ4n) is 1.84. The molecule has 0 aliphatic carbocycles. The number of aryl methyl sites for hydroxylation is 1. The predicted molar refractivity (Wildman–Crippen MR) is 81.1 cm³/mol. The number of thiophene rings is 1. The van der Waals surface area contributed by atoms with Gasteiger partial charge < -0.3 is 5.32 Å². The first-order chi connectivity index (χ1) is 8.69. The van der Waals surface area contributed by atoms with Gasteiger partial charge in [0, 0.05) is 22.3 Å². The highest BCUT2D eigenvalue weighted by molar-refractivity contribution is 7.15. The Morgan fingerprint density at radius 1 is 1.06 bits per heavy atom. The fourth-order valence-corrected chi connectivity index (χ4v) is 2.80.